The molecule has 1 aromatic heterocycles. The number of carboxylic acids is 1. The third kappa shape index (κ3) is 4.20. The largest absolute Gasteiger partial charge is 0.550 e. The third-order valence-electron chi connectivity index (χ3n) is 6.37. The van der Waals surface area contributed by atoms with E-state index in [4.69, 9.17) is 9.15 Å². The zero-order chi connectivity index (χ0) is 21.3. The molecule has 30 heavy (non-hydrogen) atoms. The van der Waals surface area contributed by atoms with Crippen LogP contribution in [0, 0.1) is 11.8 Å². The monoisotopic (exact) mass is 412 g/mol. The summed E-state index contributed by atoms with van der Waals surface area (Å²) >= 11 is 0. The summed E-state index contributed by atoms with van der Waals surface area (Å²) in [6.45, 7) is 2.18. The second kappa shape index (κ2) is 8.50. The van der Waals surface area contributed by atoms with E-state index in [-0.39, 0.29) is 23.4 Å². The number of fused-ring (bicyclic) bond motifs is 3. The van der Waals surface area contributed by atoms with E-state index < -0.39 is 12.1 Å². The minimum absolute atomic E-state index is 0.229. The molecule has 0 saturated heterocycles. The lowest BCUT2D eigenvalue weighted by Crippen LogP contribution is -2.40. The molecule has 2 aliphatic rings. The lowest BCUT2D eigenvalue weighted by molar-refractivity contribution is -0.312. The molecule has 0 aliphatic heterocycles. The predicted octanol–water partition coefficient (Wildman–Crippen LogP) is 1.72. The summed E-state index contributed by atoms with van der Waals surface area (Å²) in [7, 11) is 0. The van der Waals surface area contributed by atoms with Gasteiger partial charge in [-0.25, -0.2) is 4.79 Å². The Morgan fingerprint density at radius 2 is 1.93 bits per heavy atom. The van der Waals surface area contributed by atoms with Crippen molar-refractivity contribution >= 4 is 22.8 Å². The molecule has 1 saturated carbocycles. The van der Waals surface area contributed by atoms with Gasteiger partial charge in [-0.05, 0) is 81.4 Å². The van der Waals surface area contributed by atoms with Crippen LogP contribution in [-0.4, -0.2) is 24.5 Å². The summed E-state index contributed by atoms with van der Waals surface area (Å²) < 4.78 is 11.2. The highest BCUT2D eigenvalue weighted by atomic mass is 16.5. The van der Waals surface area contributed by atoms with Crippen LogP contribution in [-0.2, 0) is 22.4 Å². The number of aliphatic carboxylic acids is 1. The lowest BCUT2D eigenvalue weighted by Gasteiger charge is -2.29. The number of amides is 1. The van der Waals surface area contributed by atoms with E-state index in [0.717, 1.165) is 48.6 Å². The van der Waals surface area contributed by atoms with Crippen molar-refractivity contribution in [3.63, 3.8) is 0 Å². The summed E-state index contributed by atoms with van der Waals surface area (Å²) in [5, 5.41) is 14.8. The normalized spacial score (nSPS) is 21.8. The average Bonchev–Trinajstić information content (AvgIpc) is 3.23. The van der Waals surface area contributed by atoms with E-state index >= 15 is 0 Å². The van der Waals surface area contributed by atoms with Gasteiger partial charge in [0.1, 0.15) is 11.3 Å². The predicted molar refractivity (Wildman–Crippen MR) is 108 cm³/mol. The number of hydrogen-bond donors (Lipinski definition) is 1. The molecule has 0 spiro atoms. The Balaban J connectivity index is 1.34. The minimum Gasteiger partial charge on any atom is -0.550 e. The van der Waals surface area contributed by atoms with Gasteiger partial charge in [0.15, 0.2) is 6.10 Å². The Bertz CT molecular complexity index is 1020. The fourth-order valence-corrected chi connectivity index (χ4v) is 4.59. The van der Waals surface area contributed by atoms with Crippen molar-refractivity contribution in [3.8, 4) is 5.75 Å². The molecule has 0 unspecified atom stereocenters. The van der Waals surface area contributed by atoms with Crippen LogP contribution in [0.3, 0.4) is 0 Å². The molecule has 1 atom stereocenters. The highest BCUT2D eigenvalue weighted by Gasteiger charge is 2.24. The van der Waals surface area contributed by atoms with Crippen molar-refractivity contribution in [1.82, 2.24) is 5.32 Å². The number of rotatable bonds is 6. The number of carboxylic acid groups (broad SMARTS) is 1. The molecule has 160 valence electrons. The Labute approximate surface area is 174 Å². The molecular weight excluding hydrogens is 386 g/mol. The van der Waals surface area contributed by atoms with Crippen LogP contribution < -0.4 is 20.8 Å². The molecule has 1 heterocycles. The van der Waals surface area contributed by atoms with Crippen LogP contribution in [0.4, 0.5) is 0 Å². The van der Waals surface area contributed by atoms with Gasteiger partial charge in [0.25, 0.3) is 5.91 Å². The Morgan fingerprint density at radius 1 is 1.20 bits per heavy atom. The fraction of sp³-hybridized carbons (Fsp3) is 0.522. The Kier molecular flexibility index (Phi) is 5.79. The second-order valence-electron chi connectivity index (χ2n) is 8.40. The number of benzene rings is 1. The summed E-state index contributed by atoms with van der Waals surface area (Å²) in [5.41, 5.74) is 2.03. The smallest absolute Gasteiger partial charge is 0.339 e. The van der Waals surface area contributed by atoms with Crippen molar-refractivity contribution in [2.45, 2.75) is 58.0 Å². The molecule has 7 heteroatoms. The van der Waals surface area contributed by atoms with Crippen molar-refractivity contribution in [1.29, 1.82) is 0 Å². The van der Waals surface area contributed by atoms with Crippen molar-refractivity contribution in [3.05, 3.63) is 39.7 Å². The van der Waals surface area contributed by atoms with E-state index in [2.05, 4.69) is 5.32 Å². The van der Waals surface area contributed by atoms with Crippen molar-refractivity contribution < 1.29 is 23.8 Å². The van der Waals surface area contributed by atoms with Crippen LogP contribution in [0.15, 0.2) is 27.4 Å². The minimum atomic E-state index is -0.976. The number of nitrogens with one attached hydrogen (secondary N) is 1. The second-order valence-corrected chi connectivity index (χ2v) is 8.40. The van der Waals surface area contributed by atoms with Crippen LogP contribution >= 0.6 is 0 Å². The SMILES string of the molecule is C[C@@H](Oc1ccc2c3c(c(=O)oc2c1)CCC3)C(=O)NCC1CCC(C(=O)[O-])CC1. The first-order valence-corrected chi connectivity index (χ1v) is 10.7. The van der Waals surface area contributed by atoms with Gasteiger partial charge >= 0.3 is 5.63 Å². The molecule has 7 nitrogen and oxygen atoms in total. The quantitative estimate of drug-likeness (QED) is 0.724. The van der Waals surface area contributed by atoms with Crippen LogP contribution in [0.2, 0.25) is 0 Å². The zero-order valence-corrected chi connectivity index (χ0v) is 17.1. The number of carbonyl (C=O) groups excluding carboxylic acids is 2. The van der Waals surface area contributed by atoms with Gasteiger partial charge < -0.3 is 24.4 Å². The molecule has 2 aliphatic carbocycles. The first-order valence-electron chi connectivity index (χ1n) is 10.7. The standard InChI is InChI=1S/C23H27NO6/c1-13(21(25)24-12-14-5-7-15(8-6-14)22(26)27)29-16-9-10-18-17-3-2-4-19(17)23(28)30-20(18)11-16/h9-11,13-15H,2-8,12H2,1H3,(H,24,25)(H,26,27)/p-1/t13-,14?,15?/m1/s1. The molecule has 2 aromatic rings. The molecule has 1 fully saturated rings. The van der Waals surface area contributed by atoms with Crippen molar-refractivity contribution in [2.24, 2.45) is 11.8 Å². The highest BCUT2D eigenvalue weighted by Crippen LogP contribution is 2.30. The van der Waals surface area contributed by atoms with E-state index in [0.29, 0.717) is 30.7 Å². The maximum atomic E-state index is 12.4. The topological polar surface area (TPSA) is 109 Å². The maximum Gasteiger partial charge on any atom is 0.339 e. The lowest BCUT2D eigenvalue weighted by atomic mass is 9.82. The van der Waals surface area contributed by atoms with Crippen LogP contribution in [0.5, 0.6) is 5.75 Å². The van der Waals surface area contributed by atoms with Gasteiger partial charge in [-0.15, -0.1) is 0 Å². The van der Waals surface area contributed by atoms with Crippen LogP contribution in [0.25, 0.3) is 11.0 Å². The van der Waals surface area contributed by atoms with Crippen LogP contribution in [0.1, 0.15) is 50.2 Å². The molecule has 1 amide bonds. The summed E-state index contributed by atoms with van der Waals surface area (Å²) in [4.78, 5) is 35.5. The van der Waals surface area contributed by atoms with E-state index in [1.54, 1.807) is 19.1 Å². The van der Waals surface area contributed by atoms with Gasteiger partial charge in [0.05, 0.1) is 0 Å². The summed E-state index contributed by atoms with van der Waals surface area (Å²) in [6, 6.07) is 5.35. The number of ether oxygens (including phenoxy) is 1. The first-order chi connectivity index (χ1) is 14.4. The number of hydrogen-bond acceptors (Lipinski definition) is 6. The van der Waals surface area contributed by atoms with E-state index in [1.165, 1.54) is 0 Å². The Morgan fingerprint density at radius 3 is 2.67 bits per heavy atom. The van der Waals surface area contributed by atoms with Gasteiger partial charge in [-0.1, -0.05) is 0 Å². The number of carbonyl (C=O) groups is 2. The van der Waals surface area contributed by atoms with Crippen molar-refractivity contribution in [2.75, 3.05) is 6.54 Å². The molecule has 1 N–H and O–H groups in total. The van der Waals surface area contributed by atoms with Gasteiger partial charge in [0, 0.05) is 29.5 Å². The molecule has 4 rings (SSSR count). The summed E-state index contributed by atoms with van der Waals surface area (Å²) in [5.74, 6) is -0.828. The number of aryl methyl sites for hydroxylation is 1. The highest BCUT2D eigenvalue weighted by molar-refractivity contribution is 5.84. The molecule has 0 radical (unpaired) electrons. The van der Waals surface area contributed by atoms with Gasteiger partial charge in [-0.2, -0.15) is 0 Å². The maximum absolute atomic E-state index is 12.4. The summed E-state index contributed by atoms with van der Waals surface area (Å²) in [6.07, 6.45) is 4.62. The third-order valence-corrected chi connectivity index (χ3v) is 6.37. The molecule has 1 aromatic carbocycles. The fourth-order valence-electron chi connectivity index (χ4n) is 4.59. The van der Waals surface area contributed by atoms with E-state index in [1.807, 2.05) is 6.07 Å². The average molecular weight is 412 g/mol. The molecular formula is C23H26NO6-. The van der Waals surface area contributed by atoms with Gasteiger partial charge in [0.2, 0.25) is 0 Å². The first kappa shape index (κ1) is 20.4. The van der Waals surface area contributed by atoms with E-state index in [9.17, 15) is 19.5 Å². The van der Waals surface area contributed by atoms with Gasteiger partial charge in [-0.3, -0.25) is 4.79 Å². The molecule has 0 bridgehead atoms. The zero-order valence-electron chi connectivity index (χ0n) is 17.1. The Hall–Kier alpha value is -2.83.